The van der Waals surface area contributed by atoms with Gasteiger partial charge in [0.15, 0.2) is 0 Å². The third-order valence-electron chi connectivity index (χ3n) is 3.86. The Morgan fingerprint density at radius 1 is 0.762 bits per heavy atom. The predicted molar refractivity (Wildman–Crippen MR) is 95.1 cm³/mol. The summed E-state index contributed by atoms with van der Waals surface area (Å²) in [7, 11) is 0. The fourth-order valence-electron chi connectivity index (χ4n) is 2.70. The summed E-state index contributed by atoms with van der Waals surface area (Å²) in [5.74, 6) is 0. The number of aromatic nitrogens is 4. The summed E-state index contributed by atoms with van der Waals surface area (Å²) in [4.78, 5) is 14.6. The van der Waals surface area contributed by atoms with Crippen LogP contribution in [0, 0.1) is 0 Å². The zero-order valence-electron chi connectivity index (χ0n) is 14.6. The molecule has 0 saturated carbocycles. The van der Waals surface area contributed by atoms with Crippen molar-refractivity contribution < 1.29 is 0 Å². The molecule has 0 unspecified atom stereocenters. The van der Waals surface area contributed by atoms with Crippen LogP contribution in [0.5, 0.6) is 0 Å². The van der Waals surface area contributed by atoms with E-state index in [4.69, 9.17) is 0 Å². The Morgan fingerprint density at radius 2 is 1.10 bits per heavy atom. The molecule has 0 saturated heterocycles. The first-order valence-corrected chi connectivity index (χ1v) is 27.5. The van der Waals surface area contributed by atoms with E-state index in [1.54, 1.807) is 0 Å². The van der Waals surface area contributed by atoms with E-state index in [1.807, 2.05) is 12.4 Å². The molecular formula is C15H28N4Sn2. The Labute approximate surface area is 136 Å². The first-order valence-electron chi connectivity index (χ1n) is 7.55. The summed E-state index contributed by atoms with van der Waals surface area (Å²) < 4.78 is 7.33. The van der Waals surface area contributed by atoms with Crippen molar-refractivity contribution in [2.45, 2.75) is 49.1 Å². The molecule has 0 aliphatic rings. The Hall–Kier alpha value is 0.0174. The standard InChI is InChI=1S/C9H10N4.6CH3.2Sn/c1-9(2,12-7-3-5-10-12)13-8-4-6-11-13;;;;;;;;/h3-6H,1-2H3;6*1H3;;. The van der Waals surface area contributed by atoms with Crippen LogP contribution in [0.3, 0.4) is 0 Å². The Morgan fingerprint density at radius 3 is 1.38 bits per heavy atom. The molecule has 0 aliphatic heterocycles. The normalized spacial score (nSPS) is 13.7. The number of hydrogen-bond donors (Lipinski definition) is 0. The fraction of sp³-hybridized carbons (Fsp3) is 0.600. The first-order chi connectivity index (χ1) is 9.45. The van der Waals surface area contributed by atoms with Crippen molar-refractivity contribution in [1.29, 1.82) is 0 Å². The van der Waals surface area contributed by atoms with E-state index in [2.05, 4.69) is 75.2 Å². The van der Waals surface area contributed by atoms with Crippen molar-refractivity contribution in [3.8, 4) is 0 Å². The molecule has 0 fully saturated rings. The van der Waals surface area contributed by atoms with Crippen molar-refractivity contribution in [2.24, 2.45) is 0 Å². The maximum absolute atomic E-state index is 4.67. The molecule has 21 heavy (non-hydrogen) atoms. The monoisotopic (exact) mass is 504 g/mol. The molecule has 0 spiro atoms. The van der Waals surface area contributed by atoms with Crippen LogP contribution in [0.4, 0.5) is 0 Å². The minimum atomic E-state index is -2.20. The number of rotatable bonds is 4. The van der Waals surface area contributed by atoms with E-state index >= 15 is 0 Å². The van der Waals surface area contributed by atoms with Crippen molar-refractivity contribution >= 4 is 44.2 Å². The van der Waals surface area contributed by atoms with Crippen LogP contribution >= 0.6 is 0 Å². The van der Waals surface area contributed by atoms with Gasteiger partial charge in [0.25, 0.3) is 0 Å². The maximum atomic E-state index is 4.67. The van der Waals surface area contributed by atoms with Crippen LogP contribution in [0.1, 0.15) is 13.8 Å². The molecular weight excluding hydrogens is 474 g/mol. The molecule has 0 aliphatic carbocycles. The average molecular weight is 502 g/mol. The predicted octanol–water partition coefficient (Wildman–Crippen LogP) is 2.41. The molecule has 0 bridgehead atoms. The summed E-state index contributed by atoms with van der Waals surface area (Å²) in [5.41, 5.74) is -0.244. The summed E-state index contributed by atoms with van der Waals surface area (Å²) in [6.07, 6.45) is 3.89. The van der Waals surface area contributed by atoms with Gasteiger partial charge in [-0.05, 0) is 0 Å². The van der Waals surface area contributed by atoms with Gasteiger partial charge in [0.05, 0.1) is 0 Å². The summed E-state index contributed by atoms with van der Waals surface area (Å²) >= 11 is -4.40. The van der Waals surface area contributed by atoms with Crippen LogP contribution < -0.4 is 7.42 Å². The van der Waals surface area contributed by atoms with E-state index < -0.39 is 36.8 Å². The fourth-order valence-corrected chi connectivity index (χ4v) is 11.5. The van der Waals surface area contributed by atoms with Crippen LogP contribution in [0.15, 0.2) is 24.5 Å². The van der Waals surface area contributed by atoms with E-state index in [9.17, 15) is 0 Å². The second-order valence-electron chi connectivity index (χ2n) is 8.25. The molecule has 2 aromatic rings. The van der Waals surface area contributed by atoms with E-state index in [-0.39, 0.29) is 5.66 Å². The van der Waals surface area contributed by atoms with E-state index in [0.717, 1.165) is 0 Å². The van der Waals surface area contributed by atoms with Crippen molar-refractivity contribution in [1.82, 2.24) is 19.6 Å². The van der Waals surface area contributed by atoms with Crippen molar-refractivity contribution in [3.63, 3.8) is 0 Å². The van der Waals surface area contributed by atoms with Gasteiger partial charge >= 0.3 is 137 Å². The van der Waals surface area contributed by atoms with Gasteiger partial charge in [0.2, 0.25) is 0 Å². The third kappa shape index (κ3) is 3.35. The van der Waals surface area contributed by atoms with E-state index in [1.165, 1.54) is 7.42 Å². The van der Waals surface area contributed by atoms with Gasteiger partial charge in [-0.15, -0.1) is 0 Å². The molecule has 0 N–H and O–H groups in total. The van der Waals surface area contributed by atoms with Crippen molar-refractivity contribution in [2.75, 3.05) is 0 Å². The van der Waals surface area contributed by atoms with E-state index in [0.29, 0.717) is 0 Å². The molecule has 116 valence electrons. The van der Waals surface area contributed by atoms with Gasteiger partial charge in [-0.2, -0.15) is 0 Å². The molecule has 0 radical (unpaired) electrons. The first kappa shape index (κ1) is 17.4. The van der Waals surface area contributed by atoms with Gasteiger partial charge < -0.3 is 0 Å². The summed E-state index contributed by atoms with van der Waals surface area (Å²) in [6.45, 7) is 4.46. The molecule has 0 atom stereocenters. The quantitative estimate of drug-likeness (QED) is 0.603. The Kier molecular flexibility index (Phi) is 4.62. The van der Waals surface area contributed by atoms with Crippen LogP contribution in [0.25, 0.3) is 0 Å². The molecule has 0 aromatic carbocycles. The van der Waals surface area contributed by atoms with Crippen LogP contribution in [-0.4, -0.2) is 56.3 Å². The topological polar surface area (TPSA) is 35.6 Å². The number of nitrogens with zero attached hydrogens (tertiary/aromatic N) is 4. The Balaban J connectivity index is 2.59. The average Bonchev–Trinajstić information content (AvgIpc) is 2.97. The minimum absolute atomic E-state index is 0.244. The third-order valence-corrected chi connectivity index (χ3v) is 14.8. The zero-order chi connectivity index (χ0) is 16.1. The SMILES string of the molecule is CC(C)(n1ncc[c]1[Sn]([CH3])([CH3])[CH3])n1ncc[c]1[Sn]([CH3])([CH3])[CH3]. The van der Waals surface area contributed by atoms with Gasteiger partial charge in [-0.3, -0.25) is 0 Å². The second-order valence-corrected chi connectivity index (χ2v) is 36.9. The molecule has 0 amide bonds. The van der Waals surface area contributed by atoms with Crippen LogP contribution in [0.2, 0.25) is 29.6 Å². The molecule has 2 aromatic heterocycles. The van der Waals surface area contributed by atoms with Gasteiger partial charge in [-0.25, -0.2) is 0 Å². The van der Waals surface area contributed by atoms with Crippen LogP contribution in [-0.2, 0) is 5.66 Å². The number of hydrogen-bond acceptors (Lipinski definition) is 2. The summed E-state index contributed by atoms with van der Waals surface area (Å²) in [5, 5.41) is 9.33. The summed E-state index contributed by atoms with van der Waals surface area (Å²) in [6, 6.07) is 4.42. The molecule has 2 heterocycles. The second kappa shape index (κ2) is 5.58. The van der Waals surface area contributed by atoms with Gasteiger partial charge in [0, 0.05) is 0 Å². The van der Waals surface area contributed by atoms with Crippen molar-refractivity contribution in [3.05, 3.63) is 24.5 Å². The zero-order valence-corrected chi connectivity index (χ0v) is 20.3. The molecule has 2 rings (SSSR count). The van der Waals surface area contributed by atoms with Gasteiger partial charge in [0.1, 0.15) is 0 Å². The molecule has 6 heteroatoms. The van der Waals surface area contributed by atoms with Gasteiger partial charge in [-0.1, -0.05) is 0 Å². The Bertz CT molecular complexity index is 572. The molecule has 4 nitrogen and oxygen atoms in total.